The van der Waals surface area contributed by atoms with Crippen LogP contribution in [0.1, 0.15) is 42.1 Å². The second-order valence-corrected chi connectivity index (χ2v) is 6.07. The van der Waals surface area contributed by atoms with Crippen molar-refractivity contribution < 1.29 is 9.84 Å². The first-order valence-electron chi connectivity index (χ1n) is 7.36. The molecule has 0 radical (unpaired) electrons. The summed E-state index contributed by atoms with van der Waals surface area (Å²) in [6.45, 7) is 0.698. The van der Waals surface area contributed by atoms with Gasteiger partial charge < -0.3 is 14.4 Å². The van der Waals surface area contributed by atoms with Crippen LogP contribution in [0.2, 0.25) is 5.02 Å². The summed E-state index contributed by atoms with van der Waals surface area (Å²) in [5.74, 6) is 0.837. The molecular formula is C17H20ClNO2. The highest BCUT2D eigenvalue weighted by atomic mass is 35.5. The predicted octanol–water partition coefficient (Wildman–Crippen LogP) is 3.96. The molecule has 1 atom stereocenters. The van der Waals surface area contributed by atoms with Gasteiger partial charge >= 0.3 is 0 Å². The molecule has 1 aromatic carbocycles. The zero-order valence-corrected chi connectivity index (χ0v) is 12.9. The summed E-state index contributed by atoms with van der Waals surface area (Å²) < 4.78 is 7.51. The highest BCUT2D eigenvalue weighted by molar-refractivity contribution is 6.30. The smallest absolute Gasteiger partial charge is 0.123 e. The maximum atomic E-state index is 10.2. The van der Waals surface area contributed by atoms with Gasteiger partial charge in [0.25, 0.3) is 0 Å². The molecule has 1 unspecified atom stereocenters. The standard InChI is InChI=1S/C17H20ClNO2/c1-21-17-7-6-14(18)8-13(17)10-19-9-12-4-2-3-5-16(20)15(12)11-19/h6-9,11,16,20H,2-5,10H2,1H3. The highest BCUT2D eigenvalue weighted by Gasteiger charge is 2.18. The Kier molecular flexibility index (Phi) is 4.22. The fourth-order valence-corrected chi connectivity index (χ4v) is 3.24. The van der Waals surface area contributed by atoms with Crippen molar-refractivity contribution in [3.05, 3.63) is 52.3 Å². The Hall–Kier alpha value is -1.45. The number of fused-ring (bicyclic) bond motifs is 1. The molecule has 0 amide bonds. The Morgan fingerprint density at radius 2 is 2.19 bits per heavy atom. The average Bonchev–Trinajstić information content (AvgIpc) is 2.79. The van der Waals surface area contributed by atoms with Gasteiger partial charge in [-0.2, -0.15) is 0 Å². The number of halogens is 1. The monoisotopic (exact) mass is 305 g/mol. The molecule has 4 heteroatoms. The first-order valence-corrected chi connectivity index (χ1v) is 7.74. The second-order valence-electron chi connectivity index (χ2n) is 5.63. The van der Waals surface area contributed by atoms with E-state index in [4.69, 9.17) is 16.3 Å². The van der Waals surface area contributed by atoms with E-state index >= 15 is 0 Å². The fourth-order valence-electron chi connectivity index (χ4n) is 3.05. The van der Waals surface area contributed by atoms with Gasteiger partial charge in [0.05, 0.1) is 19.8 Å². The van der Waals surface area contributed by atoms with E-state index in [9.17, 15) is 5.11 Å². The molecule has 0 spiro atoms. The van der Waals surface area contributed by atoms with Crippen LogP contribution in [0.5, 0.6) is 5.75 Å². The number of methoxy groups -OCH3 is 1. The lowest BCUT2D eigenvalue weighted by Gasteiger charge is -2.10. The van der Waals surface area contributed by atoms with Crippen molar-refractivity contribution in [3.8, 4) is 5.75 Å². The second kappa shape index (κ2) is 6.12. The fraction of sp³-hybridized carbons (Fsp3) is 0.412. The number of aliphatic hydroxyl groups is 1. The van der Waals surface area contributed by atoms with Crippen molar-refractivity contribution in [2.24, 2.45) is 0 Å². The molecule has 1 aliphatic carbocycles. The minimum Gasteiger partial charge on any atom is -0.496 e. The van der Waals surface area contributed by atoms with Gasteiger partial charge in [0.1, 0.15) is 5.75 Å². The van der Waals surface area contributed by atoms with Crippen LogP contribution < -0.4 is 4.74 Å². The predicted molar refractivity (Wildman–Crippen MR) is 84.1 cm³/mol. The number of aryl methyl sites for hydroxylation is 1. The lowest BCUT2D eigenvalue weighted by molar-refractivity contribution is 0.166. The zero-order valence-electron chi connectivity index (χ0n) is 12.2. The molecular weight excluding hydrogens is 286 g/mol. The third kappa shape index (κ3) is 3.09. The molecule has 2 aromatic rings. The molecule has 0 saturated heterocycles. The van der Waals surface area contributed by atoms with Crippen LogP contribution in [0.3, 0.4) is 0 Å². The number of ether oxygens (including phenoxy) is 1. The van der Waals surface area contributed by atoms with E-state index in [1.165, 1.54) is 5.56 Å². The lowest BCUT2D eigenvalue weighted by Crippen LogP contribution is -2.00. The minimum atomic E-state index is -0.329. The zero-order chi connectivity index (χ0) is 14.8. The molecule has 0 bridgehead atoms. The number of aromatic nitrogens is 1. The van der Waals surface area contributed by atoms with Crippen LogP contribution in [0.15, 0.2) is 30.6 Å². The molecule has 1 aromatic heterocycles. The molecule has 3 nitrogen and oxygen atoms in total. The normalized spacial score (nSPS) is 18.1. The average molecular weight is 306 g/mol. The SMILES string of the molecule is COc1ccc(Cl)cc1Cn1cc2c(c1)C(O)CCCC2. The van der Waals surface area contributed by atoms with E-state index < -0.39 is 0 Å². The van der Waals surface area contributed by atoms with Gasteiger partial charge in [0.2, 0.25) is 0 Å². The third-order valence-corrected chi connectivity index (χ3v) is 4.36. The Balaban J connectivity index is 1.89. The molecule has 3 rings (SSSR count). The van der Waals surface area contributed by atoms with Gasteiger partial charge in [-0.25, -0.2) is 0 Å². The Labute approximate surface area is 130 Å². The Morgan fingerprint density at radius 3 is 3.00 bits per heavy atom. The van der Waals surface area contributed by atoms with Gasteiger partial charge in [-0.15, -0.1) is 0 Å². The minimum absolute atomic E-state index is 0.329. The number of hydrogen-bond donors (Lipinski definition) is 1. The molecule has 1 heterocycles. The van der Waals surface area contributed by atoms with Crippen LogP contribution in [-0.4, -0.2) is 16.8 Å². The van der Waals surface area contributed by atoms with Crippen molar-refractivity contribution in [2.45, 2.75) is 38.3 Å². The maximum absolute atomic E-state index is 10.2. The topological polar surface area (TPSA) is 34.4 Å². The number of hydrogen-bond acceptors (Lipinski definition) is 2. The summed E-state index contributed by atoms with van der Waals surface area (Å²) in [4.78, 5) is 0. The summed E-state index contributed by atoms with van der Waals surface area (Å²) in [7, 11) is 1.67. The molecule has 112 valence electrons. The number of rotatable bonds is 3. The van der Waals surface area contributed by atoms with Crippen LogP contribution in [0.4, 0.5) is 0 Å². The molecule has 1 aliphatic rings. The van der Waals surface area contributed by atoms with Gasteiger partial charge in [-0.1, -0.05) is 18.0 Å². The molecule has 21 heavy (non-hydrogen) atoms. The first-order chi connectivity index (χ1) is 10.2. The van der Waals surface area contributed by atoms with Gasteiger partial charge in [0, 0.05) is 28.5 Å². The van der Waals surface area contributed by atoms with Crippen LogP contribution >= 0.6 is 11.6 Å². The van der Waals surface area contributed by atoms with E-state index in [1.807, 2.05) is 18.2 Å². The Morgan fingerprint density at radius 1 is 1.33 bits per heavy atom. The highest BCUT2D eigenvalue weighted by Crippen LogP contribution is 2.30. The number of aliphatic hydroxyl groups excluding tert-OH is 1. The summed E-state index contributed by atoms with van der Waals surface area (Å²) in [5.41, 5.74) is 3.39. The maximum Gasteiger partial charge on any atom is 0.123 e. The van der Waals surface area contributed by atoms with E-state index in [0.29, 0.717) is 11.6 Å². The summed E-state index contributed by atoms with van der Waals surface area (Å²) in [6, 6.07) is 5.65. The van der Waals surface area contributed by atoms with E-state index in [2.05, 4.69) is 17.0 Å². The summed E-state index contributed by atoms with van der Waals surface area (Å²) >= 11 is 6.08. The molecule has 0 aliphatic heterocycles. The Bertz CT molecular complexity index is 636. The summed E-state index contributed by atoms with van der Waals surface area (Å²) in [5, 5.41) is 10.9. The van der Waals surface area contributed by atoms with Gasteiger partial charge in [-0.05, 0) is 43.0 Å². The number of nitrogens with zero attached hydrogens (tertiary/aromatic N) is 1. The molecule has 0 saturated carbocycles. The van der Waals surface area contributed by atoms with Crippen molar-refractivity contribution >= 4 is 11.6 Å². The molecule has 1 N–H and O–H groups in total. The van der Waals surface area contributed by atoms with Crippen LogP contribution in [0, 0.1) is 0 Å². The van der Waals surface area contributed by atoms with Crippen molar-refractivity contribution in [2.75, 3.05) is 7.11 Å². The third-order valence-electron chi connectivity index (χ3n) is 4.13. The van der Waals surface area contributed by atoms with Gasteiger partial charge in [0.15, 0.2) is 0 Å². The van der Waals surface area contributed by atoms with Crippen molar-refractivity contribution in [1.29, 1.82) is 0 Å². The van der Waals surface area contributed by atoms with Crippen LogP contribution in [-0.2, 0) is 13.0 Å². The van der Waals surface area contributed by atoms with Crippen molar-refractivity contribution in [1.82, 2.24) is 4.57 Å². The van der Waals surface area contributed by atoms with E-state index in [0.717, 1.165) is 42.6 Å². The summed E-state index contributed by atoms with van der Waals surface area (Å²) in [6.07, 6.45) is 8.02. The molecule has 0 fully saturated rings. The lowest BCUT2D eigenvalue weighted by atomic mass is 10.1. The van der Waals surface area contributed by atoms with Gasteiger partial charge in [-0.3, -0.25) is 0 Å². The van der Waals surface area contributed by atoms with Crippen LogP contribution in [0.25, 0.3) is 0 Å². The van der Waals surface area contributed by atoms with E-state index in [1.54, 1.807) is 7.11 Å². The van der Waals surface area contributed by atoms with E-state index in [-0.39, 0.29) is 6.10 Å². The first kappa shape index (κ1) is 14.5. The quantitative estimate of drug-likeness (QED) is 0.871. The number of benzene rings is 1. The largest absolute Gasteiger partial charge is 0.496 e. The van der Waals surface area contributed by atoms with Crippen molar-refractivity contribution in [3.63, 3.8) is 0 Å².